The molecule has 1 aromatic heterocycles. The predicted molar refractivity (Wildman–Crippen MR) is 163 cm³/mol. The molecule has 6 nitrogen and oxygen atoms in total. The molecule has 1 saturated heterocycles. The molecular formula is C34H34FN5O. The molecule has 41 heavy (non-hydrogen) atoms. The van der Waals surface area contributed by atoms with Crippen molar-refractivity contribution in [2.75, 3.05) is 30.3 Å². The van der Waals surface area contributed by atoms with Gasteiger partial charge in [0.1, 0.15) is 5.82 Å². The second-order valence-corrected chi connectivity index (χ2v) is 10.7. The SMILES string of the molecule is O=C(Nc1ccc(CCN2CCC(Nc3nc4ccccc4n3Cc3ccc(F)cc3)CC2)cc1)c1ccccc1. The van der Waals surface area contributed by atoms with Crippen LogP contribution in [0.5, 0.6) is 0 Å². The summed E-state index contributed by atoms with van der Waals surface area (Å²) in [5.74, 6) is 0.549. The summed E-state index contributed by atoms with van der Waals surface area (Å²) in [6.07, 6.45) is 3.06. The Morgan fingerprint density at radius 2 is 1.51 bits per heavy atom. The fourth-order valence-electron chi connectivity index (χ4n) is 5.44. The number of anilines is 2. The molecule has 1 fully saturated rings. The standard InChI is InChI=1S/C34H34FN5O/c35-28-14-10-26(11-15-28)24-40-32-9-5-4-8-31(32)38-34(40)37-30-19-22-39(23-20-30)21-18-25-12-16-29(17-13-25)36-33(41)27-6-2-1-3-7-27/h1-17,30H,18-24H2,(H,36,41)(H,37,38). The minimum atomic E-state index is -0.223. The summed E-state index contributed by atoms with van der Waals surface area (Å²) in [5, 5.41) is 6.68. The Morgan fingerprint density at radius 1 is 0.829 bits per heavy atom. The Kier molecular flexibility index (Phi) is 8.05. The Labute approximate surface area is 239 Å². The van der Waals surface area contributed by atoms with Crippen LogP contribution < -0.4 is 10.6 Å². The zero-order chi connectivity index (χ0) is 28.0. The van der Waals surface area contributed by atoms with Crippen LogP contribution in [-0.4, -0.2) is 46.0 Å². The van der Waals surface area contributed by atoms with Gasteiger partial charge in [0.05, 0.1) is 17.6 Å². The fraction of sp³-hybridized carbons (Fsp3) is 0.235. The number of hydrogen-bond donors (Lipinski definition) is 2. The summed E-state index contributed by atoms with van der Waals surface area (Å²) in [5.41, 5.74) is 5.79. The van der Waals surface area contributed by atoms with E-state index in [0.717, 1.165) is 67.1 Å². The molecule has 7 heteroatoms. The van der Waals surface area contributed by atoms with Gasteiger partial charge in [-0.05, 0) is 78.9 Å². The molecule has 0 aliphatic carbocycles. The number of nitrogens with zero attached hydrogens (tertiary/aromatic N) is 3. The minimum Gasteiger partial charge on any atom is -0.353 e. The lowest BCUT2D eigenvalue weighted by Gasteiger charge is -2.32. The molecule has 1 amide bonds. The Hall–Kier alpha value is -4.49. The van der Waals surface area contributed by atoms with Gasteiger partial charge in [0.25, 0.3) is 5.91 Å². The molecule has 5 aromatic rings. The molecule has 0 atom stereocenters. The number of imidazole rings is 1. The molecule has 208 valence electrons. The number of para-hydroxylation sites is 2. The van der Waals surface area contributed by atoms with Gasteiger partial charge in [-0.1, -0.05) is 54.6 Å². The molecule has 0 radical (unpaired) electrons. The van der Waals surface area contributed by atoms with Crippen LogP contribution >= 0.6 is 0 Å². The third-order valence-electron chi connectivity index (χ3n) is 7.79. The van der Waals surface area contributed by atoms with E-state index < -0.39 is 0 Å². The van der Waals surface area contributed by atoms with Gasteiger partial charge in [-0.2, -0.15) is 0 Å². The van der Waals surface area contributed by atoms with Crippen molar-refractivity contribution in [2.45, 2.75) is 31.8 Å². The number of halogens is 1. The molecule has 4 aromatic carbocycles. The first kappa shape index (κ1) is 26.7. The maximum Gasteiger partial charge on any atom is 0.255 e. The monoisotopic (exact) mass is 547 g/mol. The summed E-state index contributed by atoms with van der Waals surface area (Å²) < 4.78 is 15.6. The third kappa shape index (κ3) is 6.64. The molecule has 0 unspecified atom stereocenters. The number of aromatic nitrogens is 2. The average molecular weight is 548 g/mol. The lowest BCUT2D eigenvalue weighted by molar-refractivity contribution is 0.102. The topological polar surface area (TPSA) is 62.2 Å². The van der Waals surface area contributed by atoms with Gasteiger partial charge in [-0.15, -0.1) is 0 Å². The first-order valence-corrected chi connectivity index (χ1v) is 14.2. The van der Waals surface area contributed by atoms with E-state index >= 15 is 0 Å². The van der Waals surface area contributed by atoms with Crippen LogP contribution in [0.1, 0.15) is 34.3 Å². The summed E-state index contributed by atoms with van der Waals surface area (Å²) in [7, 11) is 0. The van der Waals surface area contributed by atoms with Crippen molar-refractivity contribution in [3.05, 3.63) is 126 Å². The highest BCUT2D eigenvalue weighted by molar-refractivity contribution is 6.04. The van der Waals surface area contributed by atoms with E-state index in [1.807, 2.05) is 72.8 Å². The molecule has 1 aliphatic heterocycles. The van der Waals surface area contributed by atoms with Gasteiger partial charge in [-0.25, -0.2) is 9.37 Å². The highest BCUT2D eigenvalue weighted by Gasteiger charge is 2.21. The molecule has 0 bridgehead atoms. The predicted octanol–water partition coefficient (Wildman–Crippen LogP) is 6.60. The van der Waals surface area contributed by atoms with Crippen LogP contribution in [0, 0.1) is 5.82 Å². The first-order valence-electron chi connectivity index (χ1n) is 14.2. The number of carbonyl (C=O) groups excluding carboxylic acids is 1. The van der Waals surface area contributed by atoms with E-state index in [1.165, 1.54) is 17.7 Å². The minimum absolute atomic E-state index is 0.0964. The molecule has 0 spiro atoms. The zero-order valence-corrected chi connectivity index (χ0v) is 23.0. The summed E-state index contributed by atoms with van der Waals surface area (Å²) in [4.78, 5) is 19.8. The quantitative estimate of drug-likeness (QED) is 0.218. The van der Waals surface area contributed by atoms with Crippen molar-refractivity contribution in [1.29, 1.82) is 0 Å². The first-order chi connectivity index (χ1) is 20.1. The second-order valence-electron chi connectivity index (χ2n) is 10.7. The van der Waals surface area contributed by atoms with Crippen LogP contribution in [0.3, 0.4) is 0 Å². The number of benzene rings is 4. The molecule has 2 N–H and O–H groups in total. The maximum absolute atomic E-state index is 13.5. The average Bonchev–Trinajstić information content (AvgIpc) is 3.35. The van der Waals surface area contributed by atoms with Crippen molar-refractivity contribution >= 4 is 28.6 Å². The van der Waals surface area contributed by atoms with Crippen LogP contribution in [0.15, 0.2) is 103 Å². The fourth-order valence-corrected chi connectivity index (χ4v) is 5.44. The third-order valence-corrected chi connectivity index (χ3v) is 7.79. The van der Waals surface area contributed by atoms with E-state index in [1.54, 1.807) is 0 Å². The lowest BCUT2D eigenvalue weighted by Crippen LogP contribution is -2.40. The second kappa shape index (κ2) is 12.4. The van der Waals surface area contributed by atoms with Gasteiger partial charge in [-0.3, -0.25) is 4.79 Å². The molecule has 6 rings (SSSR count). The smallest absolute Gasteiger partial charge is 0.255 e. The van der Waals surface area contributed by atoms with Crippen LogP contribution in [-0.2, 0) is 13.0 Å². The maximum atomic E-state index is 13.5. The summed E-state index contributed by atoms with van der Waals surface area (Å²) in [6.45, 7) is 3.70. The van der Waals surface area contributed by atoms with Crippen LogP contribution in [0.2, 0.25) is 0 Å². The molecule has 1 aliphatic rings. The highest BCUT2D eigenvalue weighted by Crippen LogP contribution is 2.24. The number of hydrogen-bond acceptors (Lipinski definition) is 4. The molecule has 2 heterocycles. The van der Waals surface area contributed by atoms with Gasteiger partial charge in [0, 0.05) is 36.9 Å². The van der Waals surface area contributed by atoms with Gasteiger partial charge in [0.15, 0.2) is 0 Å². The van der Waals surface area contributed by atoms with Crippen molar-refractivity contribution in [2.24, 2.45) is 0 Å². The van der Waals surface area contributed by atoms with E-state index in [-0.39, 0.29) is 11.7 Å². The van der Waals surface area contributed by atoms with Crippen LogP contribution in [0.4, 0.5) is 16.0 Å². The van der Waals surface area contributed by atoms with Gasteiger partial charge < -0.3 is 20.1 Å². The summed E-state index contributed by atoms with van der Waals surface area (Å²) >= 11 is 0. The highest BCUT2D eigenvalue weighted by atomic mass is 19.1. The van der Waals surface area contributed by atoms with Crippen molar-refractivity contribution in [1.82, 2.24) is 14.5 Å². The van der Waals surface area contributed by atoms with Crippen molar-refractivity contribution in [3.63, 3.8) is 0 Å². The molecule has 0 saturated carbocycles. The molecular weight excluding hydrogens is 513 g/mol. The van der Waals surface area contributed by atoms with Crippen molar-refractivity contribution in [3.8, 4) is 0 Å². The Morgan fingerprint density at radius 3 is 2.27 bits per heavy atom. The van der Waals surface area contributed by atoms with Crippen molar-refractivity contribution < 1.29 is 9.18 Å². The van der Waals surface area contributed by atoms with Crippen LogP contribution in [0.25, 0.3) is 11.0 Å². The van der Waals surface area contributed by atoms with E-state index in [2.05, 4.69) is 38.3 Å². The number of piperidine rings is 1. The van der Waals surface area contributed by atoms with E-state index in [0.29, 0.717) is 18.2 Å². The largest absolute Gasteiger partial charge is 0.353 e. The number of fused-ring (bicyclic) bond motifs is 1. The van der Waals surface area contributed by atoms with Gasteiger partial charge >= 0.3 is 0 Å². The number of carbonyl (C=O) groups is 1. The number of likely N-dealkylation sites (tertiary alicyclic amines) is 1. The number of rotatable bonds is 9. The van der Waals surface area contributed by atoms with E-state index in [4.69, 9.17) is 4.98 Å². The normalized spacial score (nSPS) is 14.3. The number of amides is 1. The summed E-state index contributed by atoms with van der Waals surface area (Å²) in [6, 6.07) is 32.6. The Bertz CT molecular complexity index is 1590. The lowest BCUT2D eigenvalue weighted by atomic mass is 10.0. The van der Waals surface area contributed by atoms with Gasteiger partial charge in [0.2, 0.25) is 5.95 Å². The van der Waals surface area contributed by atoms with E-state index in [9.17, 15) is 9.18 Å². The Balaban J connectivity index is 1.01. The zero-order valence-electron chi connectivity index (χ0n) is 23.0. The number of nitrogens with one attached hydrogen (secondary N) is 2.